The molecule has 136 valence electrons. The Hall–Kier alpha value is -3.62. The number of aromatic nitrogens is 1. The zero-order valence-corrected chi connectivity index (χ0v) is 13.8. The molecule has 0 radical (unpaired) electrons. The Morgan fingerprint density at radius 2 is 1.38 bits per heavy atom. The molecule has 26 heavy (non-hydrogen) atoms. The highest BCUT2D eigenvalue weighted by molar-refractivity contribution is 6.14. The van der Waals surface area contributed by atoms with Crippen LogP contribution in [0.5, 0.6) is 0 Å². The van der Waals surface area contributed by atoms with E-state index in [-0.39, 0.29) is 12.3 Å². The summed E-state index contributed by atoms with van der Waals surface area (Å²) >= 11 is 0. The van der Waals surface area contributed by atoms with E-state index in [4.69, 9.17) is 4.74 Å². The molecule has 0 bridgehead atoms. The van der Waals surface area contributed by atoms with Gasteiger partial charge >= 0.3 is 23.9 Å². The molecule has 2 rings (SSSR count). The summed E-state index contributed by atoms with van der Waals surface area (Å²) < 4.78 is 5.61. The van der Waals surface area contributed by atoms with Crippen molar-refractivity contribution in [3.05, 3.63) is 52.3 Å². The van der Waals surface area contributed by atoms with Gasteiger partial charge < -0.3 is 20.1 Å². The molecule has 0 saturated carbocycles. The SMILES string of the molecule is CCOC(=O)c1c(C(=O)O)c(C(=O)O)c(C(=O)O)n1-c1ccc(C)cc1. The maximum Gasteiger partial charge on any atom is 0.356 e. The van der Waals surface area contributed by atoms with Gasteiger partial charge in [0.25, 0.3) is 0 Å². The van der Waals surface area contributed by atoms with E-state index < -0.39 is 46.4 Å². The summed E-state index contributed by atoms with van der Waals surface area (Å²) in [7, 11) is 0. The lowest BCUT2D eigenvalue weighted by Gasteiger charge is -2.12. The van der Waals surface area contributed by atoms with Gasteiger partial charge in [-0.1, -0.05) is 17.7 Å². The number of carbonyl (C=O) groups is 4. The first-order valence-corrected chi connectivity index (χ1v) is 7.43. The van der Waals surface area contributed by atoms with Crippen LogP contribution in [0.3, 0.4) is 0 Å². The van der Waals surface area contributed by atoms with Crippen molar-refractivity contribution in [3.63, 3.8) is 0 Å². The maximum absolute atomic E-state index is 12.3. The van der Waals surface area contributed by atoms with Crippen molar-refractivity contribution in [3.8, 4) is 5.69 Å². The van der Waals surface area contributed by atoms with Gasteiger partial charge in [0, 0.05) is 5.69 Å². The number of esters is 1. The molecule has 9 heteroatoms. The van der Waals surface area contributed by atoms with Crippen molar-refractivity contribution >= 4 is 23.9 Å². The highest BCUT2D eigenvalue weighted by Gasteiger charge is 2.38. The van der Waals surface area contributed by atoms with Gasteiger partial charge in [-0.3, -0.25) is 4.57 Å². The van der Waals surface area contributed by atoms with Crippen molar-refractivity contribution in [2.24, 2.45) is 0 Å². The monoisotopic (exact) mass is 361 g/mol. The topological polar surface area (TPSA) is 143 Å². The first-order chi connectivity index (χ1) is 12.2. The molecule has 3 N–H and O–H groups in total. The second-order valence-corrected chi connectivity index (χ2v) is 5.25. The minimum absolute atomic E-state index is 0.109. The quantitative estimate of drug-likeness (QED) is 0.663. The van der Waals surface area contributed by atoms with Crippen molar-refractivity contribution in [1.82, 2.24) is 4.57 Å². The minimum atomic E-state index is -1.78. The highest BCUT2D eigenvalue weighted by atomic mass is 16.5. The molecular weight excluding hydrogens is 346 g/mol. The average Bonchev–Trinajstić information content (AvgIpc) is 2.92. The van der Waals surface area contributed by atoms with Crippen molar-refractivity contribution in [2.45, 2.75) is 13.8 Å². The van der Waals surface area contributed by atoms with E-state index in [1.54, 1.807) is 19.1 Å². The molecule has 0 amide bonds. The second-order valence-electron chi connectivity index (χ2n) is 5.25. The largest absolute Gasteiger partial charge is 0.478 e. The number of aromatic carboxylic acids is 3. The molecule has 0 saturated heterocycles. The molecule has 1 aromatic carbocycles. The van der Waals surface area contributed by atoms with Crippen molar-refractivity contribution in [1.29, 1.82) is 0 Å². The van der Waals surface area contributed by atoms with Crippen molar-refractivity contribution < 1.29 is 39.2 Å². The fraction of sp³-hybridized carbons (Fsp3) is 0.176. The standard InChI is InChI=1S/C17H15NO8/c1-3-26-17(25)13-11(15(21)22)10(14(19)20)12(16(23)24)18(13)9-6-4-8(2)5-7-9/h4-7H,3H2,1-2H3,(H,19,20)(H,21,22)(H,23,24). The molecule has 1 aromatic heterocycles. The molecule has 0 atom stereocenters. The summed E-state index contributed by atoms with van der Waals surface area (Å²) in [4.78, 5) is 47.3. The smallest absolute Gasteiger partial charge is 0.356 e. The summed E-state index contributed by atoms with van der Waals surface area (Å²) in [5.41, 5.74) is -2.50. The van der Waals surface area contributed by atoms with Gasteiger partial charge in [0.2, 0.25) is 0 Å². The Bertz CT molecular complexity index is 908. The first-order valence-electron chi connectivity index (χ1n) is 7.43. The molecular formula is C17H15NO8. The number of rotatable bonds is 6. The molecule has 9 nitrogen and oxygen atoms in total. The third-order valence-electron chi connectivity index (χ3n) is 3.56. The summed E-state index contributed by atoms with van der Waals surface area (Å²) in [6.45, 7) is 3.14. The summed E-state index contributed by atoms with van der Waals surface area (Å²) in [5, 5.41) is 28.4. The Balaban J connectivity index is 3.03. The number of aryl methyl sites for hydroxylation is 1. The molecule has 0 aliphatic heterocycles. The predicted octanol–water partition coefficient (Wildman–Crippen LogP) is 2.06. The van der Waals surface area contributed by atoms with Crippen LogP contribution in [-0.4, -0.2) is 50.4 Å². The average molecular weight is 361 g/mol. The molecule has 0 unspecified atom stereocenters. The van der Waals surface area contributed by atoms with E-state index in [1.807, 2.05) is 0 Å². The number of hydrogen-bond donors (Lipinski definition) is 3. The van der Waals surface area contributed by atoms with Crippen LogP contribution >= 0.6 is 0 Å². The number of carboxylic acid groups (broad SMARTS) is 3. The van der Waals surface area contributed by atoms with E-state index in [1.165, 1.54) is 19.1 Å². The van der Waals surface area contributed by atoms with Crippen molar-refractivity contribution in [2.75, 3.05) is 6.61 Å². The maximum atomic E-state index is 12.3. The van der Waals surface area contributed by atoms with Gasteiger partial charge in [0.1, 0.15) is 22.5 Å². The van der Waals surface area contributed by atoms with E-state index in [0.29, 0.717) is 0 Å². The van der Waals surface area contributed by atoms with Gasteiger partial charge in [-0.2, -0.15) is 0 Å². The number of nitrogens with zero attached hydrogens (tertiary/aromatic N) is 1. The van der Waals surface area contributed by atoms with Crippen LogP contribution in [-0.2, 0) is 4.74 Å². The van der Waals surface area contributed by atoms with Crippen LogP contribution in [0.15, 0.2) is 24.3 Å². The van der Waals surface area contributed by atoms with Crippen LogP contribution in [0.4, 0.5) is 0 Å². The van der Waals surface area contributed by atoms with Crippen LogP contribution in [0.25, 0.3) is 5.69 Å². The fourth-order valence-corrected chi connectivity index (χ4v) is 2.54. The fourth-order valence-electron chi connectivity index (χ4n) is 2.54. The van der Waals surface area contributed by atoms with Crippen LogP contribution in [0, 0.1) is 6.92 Å². The molecule has 0 aliphatic carbocycles. The minimum Gasteiger partial charge on any atom is -0.478 e. The lowest BCUT2D eigenvalue weighted by Crippen LogP contribution is -2.17. The molecule has 2 aromatic rings. The highest BCUT2D eigenvalue weighted by Crippen LogP contribution is 2.29. The number of ether oxygens (including phenoxy) is 1. The zero-order valence-electron chi connectivity index (χ0n) is 13.8. The number of carboxylic acids is 3. The molecule has 0 aliphatic rings. The summed E-state index contributed by atoms with van der Waals surface area (Å²) in [5.74, 6) is -6.36. The Kier molecular flexibility index (Phi) is 5.11. The first kappa shape index (κ1) is 18.7. The summed E-state index contributed by atoms with van der Waals surface area (Å²) in [6, 6.07) is 6.11. The van der Waals surface area contributed by atoms with Gasteiger partial charge in [0.05, 0.1) is 6.61 Å². The third-order valence-corrected chi connectivity index (χ3v) is 3.56. The van der Waals surface area contributed by atoms with Gasteiger partial charge in [0.15, 0.2) is 0 Å². The lowest BCUT2D eigenvalue weighted by atomic mass is 10.1. The Labute approximate surface area is 147 Å². The number of hydrogen-bond acceptors (Lipinski definition) is 5. The Morgan fingerprint density at radius 1 is 0.885 bits per heavy atom. The van der Waals surface area contributed by atoms with E-state index >= 15 is 0 Å². The zero-order chi connectivity index (χ0) is 19.6. The van der Waals surface area contributed by atoms with E-state index in [0.717, 1.165) is 10.1 Å². The normalized spacial score (nSPS) is 10.4. The summed E-state index contributed by atoms with van der Waals surface area (Å²) in [6.07, 6.45) is 0. The van der Waals surface area contributed by atoms with Gasteiger partial charge in [-0.25, -0.2) is 19.2 Å². The predicted molar refractivity (Wildman–Crippen MR) is 87.3 cm³/mol. The van der Waals surface area contributed by atoms with E-state index in [2.05, 4.69) is 0 Å². The number of benzene rings is 1. The third kappa shape index (κ3) is 3.14. The second kappa shape index (κ2) is 7.09. The molecule has 0 spiro atoms. The number of carbonyl (C=O) groups excluding carboxylic acids is 1. The van der Waals surface area contributed by atoms with Gasteiger partial charge in [-0.15, -0.1) is 0 Å². The van der Waals surface area contributed by atoms with Crippen LogP contribution in [0.1, 0.15) is 54.2 Å². The van der Waals surface area contributed by atoms with Crippen LogP contribution in [0.2, 0.25) is 0 Å². The lowest BCUT2D eigenvalue weighted by molar-refractivity contribution is 0.0505. The molecule has 0 fully saturated rings. The van der Waals surface area contributed by atoms with Gasteiger partial charge in [-0.05, 0) is 26.0 Å². The Morgan fingerprint density at radius 3 is 1.81 bits per heavy atom. The molecule has 1 heterocycles. The van der Waals surface area contributed by atoms with Crippen LogP contribution < -0.4 is 0 Å². The van der Waals surface area contributed by atoms with E-state index in [9.17, 15) is 34.5 Å².